The molecule has 0 aliphatic rings. The van der Waals surface area contributed by atoms with E-state index in [0.717, 1.165) is 6.07 Å². The Kier molecular flexibility index (Phi) is 7.41. The Balaban J connectivity index is 1.88. The van der Waals surface area contributed by atoms with Crippen LogP contribution < -0.4 is 10.1 Å². The van der Waals surface area contributed by atoms with Gasteiger partial charge in [0.1, 0.15) is 34.7 Å². The van der Waals surface area contributed by atoms with Crippen LogP contribution in [0.4, 0.5) is 4.39 Å². The molecule has 3 aromatic rings. The third-order valence-corrected chi connectivity index (χ3v) is 5.33. The minimum atomic E-state index is -1.05. The lowest BCUT2D eigenvalue weighted by Gasteiger charge is -2.28. The first-order valence-electron chi connectivity index (χ1n) is 10.9. The monoisotopic (exact) mass is 513 g/mol. The second kappa shape index (κ2) is 9.99. The van der Waals surface area contributed by atoms with E-state index in [0.29, 0.717) is 0 Å². The van der Waals surface area contributed by atoms with Crippen molar-refractivity contribution in [2.24, 2.45) is 5.41 Å². The van der Waals surface area contributed by atoms with Crippen LogP contribution in [-0.4, -0.2) is 34.1 Å². The van der Waals surface area contributed by atoms with Crippen molar-refractivity contribution >= 4 is 34.2 Å². The van der Waals surface area contributed by atoms with E-state index in [1.54, 1.807) is 34.6 Å². The minimum absolute atomic E-state index is 0.0536. The van der Waals surface area contributed by atoms with Gasteiger partial charge in [-0.2, -0.15) is 5.26 Å². The van der Waals surface area contributed by atoms with Crippen LogP contribution in [-0.2, 0) is 9.53 Å². The van der Waals surface area contributed by atoms with E-state index < -0.39 is 34.5 Å². The largest absolute Gasteiger partial charge is 0.505 e. The lowest BCUT2D eigenvalue weighted by molar-refractivity contribution is -0.165. The van der Waals surface area contributed by atoms with E-state index in [-0.39, 0.29) is 45.2 Å². The number of ether oxygens (including phenoxy) is 2. The smallest absolute Gasteiger partial charge is 0.313 e. The van der Waals surface area contributed by atoms with Gasteiger partial charge in [0.05, 0.1) is 10.4 Å². The molecule has 0 fully saturated rings. The predicted octanol–water partition coefficient (Wildman–Crippen LogP) is 5.49. The number of aromatic hydroxyl groups is 1. The molecule has 36 heavy (non-hydrogen) atoms. The molecule has 0 radical (unpaired) electrons. The number of aromatic nitrogens is 1. The van der Waals surface area contributed by atoms with Crippen molar-refractivity contribution in [1.82, 2.24) is 10.3 Å². The molecule has 0 aliphatic heterocycles. The van der Waals surface area contributed by atoms with Gasteiger partial charge in [-0.3, -0.25) is 9.59 Å². The molecule has 10 heteroatoms. The fraction of sp³-hybridized carbons (Fsp3) is 0.308. The number of hydrogen-bond acceptors (Lipinski definition) is 7. The summed E-state index contributed by atoms with van der Waals surface area (Å²) in [4.78, 5) is 29.3. The average Bonchev–Trinajstić information content (AvgIpc) is 2.78. The highest BCUT2D eigenvalue weighted by Gasteiger charge is 2.33. The molecule has 1 amide bonds. The number of rotatable bonds is 6. The third kappa shape index (κ3) is 6.01. The molecule has 0 bridgehead atoms. The average molecular weight is 514 g/mol. The number of halogens is 2. The summed E-state index contributed by atoms with van der Waals surface area (Å²) in [6.45, 7) is 8.36. The number of amides is 1. The maximum absolute atomic E-state index is 13.3. The zero-order valence-corrected chi connectivity index (χ0v) is 21.2. The van der Waals surface area contributed by atoms with Crippen molar-refractivity contribution in [3.63, 3.8) is 0 Å². The first kappa shape index (κ1) is 26.7. The van der Waals surface area contributed by atoms with E-state index in [1.807, 2.05) is 6.07 Å². The normalized spacial score (nSPS) is 11.6. The first-order valence-corrected chi connectivity index (χ1v) is 11.3. The Morgan fingerprint density at radius 1 is 1.14 bits per heavy atom. The summed E-state index contributed by atoms with van der Waals surface area (Å²) in [5.74, 6) is -1.78. The number of nitriles is 1. The number of esters is 1. The lowest BCUT2D eigenvalue weighted by atomic mass is 9.93. The summed E-state index contributed by atoms with van der Waals surface area (Å²) >= 11 is 6.01. The summed E-state index contributed by atoms with van der Waals surface area (Å²) in [5.41, 5.74) is -2.24. The van der Waals surface area contributed by atoms with E-state index in [4.69, 9.17) is 21.1 Å². The number of carbonyl (C=O) groups is 2. The molecule has 8 nitrogen and oxygen atoms in total. The van der Waals surface area contributed by atoms with Crippen molar-refractivity contribution in [3.05, 3.63) is 58.6 Å². The van der Waals surface area contributed by atoms with E-state index in [9.17, 15) is 24.3 Å². The van der Waals surface area contributed by atoms with Crippen LogP contribution in [0.2, 0.25) is 5.02 Å². The molecule has 0 unspecified atom stereocenters. The van der Waals surface area contributed by atoms with E-state index >= 15 is 0 Å². The number of benzene rings is 2. The number of nitrogens with zero attached hydrogens (tertiary/aromatic N) is 2. The van der Waals surface area contributed by atoms with Crippen molar-refractivity contribution in [2.45, 2.75) is 40.2 Å². The Morgan fingerprint density at radius 3 is 2.44 bits per heavy atom. The molecule has 0 saturated carbocycles. The number of carbonyl (C=O) groups excluding carboxylic acids is 2. The summed E-state index contributed by atoms with van der Waals surface area (Å²) in [6.07, 6.45) is 0. The number of nitrogens with one attached hydrogen (secondary N) is 1. The van der Waals surface area contributed by atoms with Gasteiger partial charge in [-0.1, -0.05) is 11.6 Å². The van der Waals surface area contributed by atoms with Crippen molar-refractivity contribution in [2.75, 3.05) is 6.54 Å². The molecule has 0 aliphatic carbocycles. The standard InChI is InChI=1S/C26H25ClFN3O5/c1-25(2,3)36-24(34)26(4,5)13-30-23(33)21-22(32)16-8-7-15(11-17(16)19(12-29)31-21)35-20-9-6-14(28)10-18(20)27/h6-11,32H,13H2,1-5H3,(H,30,33). The van der Waals surface area contributed by atoms with Crippen molar-refractivity contribution in [1.29, 1.82) is 5.26 Å². The van der Waals surface area contributed by atoms with Crippen LogP contribution in [0.15, 0.2) is 36.4 Å². The van der Waals surface area contributed by atoms with Crippen LogP contribution in [0.3, 0.4) is 0 Å². The van der Waals surface area contributed by atoms with Gasteiger partial charge in [0.2, 0.25) is 0 Å². The van der Waals surface area contributed by atoms with Crippen LogP contribution in [0, 0.1) is 22.6 Å². The fourth-order valence-electron chi connectivity index (χ4n) is 3.14. The van der Waals surface area contributed by atoms with Gasteiger partial charge in [-0.05, 0) is 71.0 Å². The topological polar surface area (TPSA) is 122 Å². The SMILES string of the molecule is CC(C)(C)OC(=O)C(C)(C)CNC(=O)c1nc(C#N)c2cc(Oc3ccc(F)cc3Cl)ccc2c1O. The van der Waals surface area contributed by atoms with Gasteiger partial charge in [0.25, 0.3) is 5.91 Å². The Bertz CT molecular complexity index is 1390. The molecule has 0 spiro atoms. The Hall–Kier alpha value is -3.90. The van der Waals surface area contributed by atoms with E-state index in [1.165, 1.54) is 30.3 Å². The van der Waals surface area contributed by atoms with Gasteiger partial charge < -0.3 is 19.9 Å². The quantitative estimate of drug-likeness (QED) is 0.417. The van der Waals surface area contributed by atoms with Crippen LogP contribution in [0.5, 0.6) is 17.2 Å². The Labute approximate surface area is 212 Å². The summed E-state index contributed by atoms with van der Waals surface area (Å²) < 4.78 is 24.4. The zero-order valence-electron chi connectivity index (χ0n) is 20.4. The Morgan fingerprint density at radius 2 is 1.83 bits per heavy atom. The maximum Gasteiger partial charge on any atom is 0.313 e. The predicted molar refractivity (Wildman–Crippen MR) is 132 cm³/mol. The number of fused-ring (bicyclic) bond motifs is 1. The highest BCUT2D eigenvalue weighted by Crippen LogP contribution is 2.35. The van der Waals surface area contributed by atoms with E-state index in [2.05, 4.69) is 10.3 Å². The maximum atomic E-state index is 13.3. The second-order valence-electron chi connectivity index (χ2n) is 9.72. The van der Waals surface area contributed by atoms with Gasteiger partial charge in [-0.15, -0.1) is 0 Å². The van der Waals surface area contributed by atoms with Gasteiger partial charge in [0, 0.05) is 17.3 Å². The molecule has 0 atom stereocenters. The second-order valence-corrected chi connectivity index (χ2v) is 10.1. The highest BCUT2D eigenvalue weighted by atomic mass is 35.5. The third-order valence-electron chi connectivity index (χ3n) is 5.03. The highest BCUT2D eigenvalue weighted by molar-refractivity contribution is 6.32. The molecule has 2 aromatic carbocycles. The van der Waals surface area contributed by atoms with Crippen LogP contribution in [0.25, 0.3) is 10.8 Å². The molecule has 3 rings (SSSR count). The lowest BCUT2D eigenvalue weighted by Crippen LogP contribution is -2.42. The van der Waals surface area contributed by atoms with Gasteiger partial charge in [0.15, 0.2) is 11.4 Å². The molecule has 188 valence electrons. The summed E-state index contributed by atoms with van der Waals surface area (Å²) in [7, 11) is 0. The molecule has 1 aromatic heterocycles. The molecular weight excluding hydrogens is 489 g/mol. The van der Waals surface area contributed by atoms with Gasteiger partial charge >= 0.3 is 5.97 Å². The summed E-state index contributed by atoms with van der Waals surface area (Å²) in [5, 5.41) is 23.4. The van der Waals surface area contributed by atoms with Gasteiger partial charge in [-0.25, -0.2) is 9.37 Å². The number of hydrogen-bond donors (Lipinski definition) is 2. The van der Waals surface area contributed by atoms with Crippen molar-refractivity contribution in [3.8, 4) is 23.3 Å². The fourth-order valence-corrected chi connectivity index (χ4v) is 3.35. The minimum Gasteiger partial charge on any atom is -0.505 e. The molecule has 0 saturated heterocycles. The number of pyridine rings is 1. The summed E-state index contributed by atoms with van der Waals surface area (Å²) in [6, 6.07) is 9.96. The van der Waals surface area contributed by atoms with Crippen LogP contribution in [0.1, 0.15) is 50.8 Å². The van der Waals surface area contributed by atoms with Crippen molar-refractivity contribution < 1.29 is 28.6 Å². The first-order chi connectivity index (χ1) is 16.7. The van der Waals surface area contributed by atoms with Crippen LogP contribution >= 0.6 is 11.6 Å². The zero-order chi connectivity index (χ0) is 26.8. The molecule has 1 heterocycles. The molecular formula is C26H25ClFN3O5. The molecule has 2 N–H and O–H groups in total.